The van der Waals surface area contributed by atoms with Gasteiger partial charge in [0.25, 0.3) is 0 Å². The first-order chi connectivity index (χ1) is 8.27. The van der Waals surface area contributed by atoms with Crippen LogP contribution >= 0.6 is 0 Å². The van der Waals surface area contributed by atoms with E-state index in [2.05, 4.69) is 0 Å². The summed E-state index contributed by atoms with van der Waals surface area (Å²) in [5, 5.41) is 0. The van der Waals surface area contributed by atoms with Crippen molar-refractivity contribution in [2.45, 2.75) is 6.92 Å². The van der Waals surface area contributed by atoms with E-state index in [1.54, 1.807) is 0 Å². The highest BCUT2D eigenvalue weighted by Gasteiger charge is 2.22. The topological polar surface area (TPSA) is 17.1 Å². The normalized spacial score (nSPS) is 13.5. The fraction of sp³-hybridized carbons (Fsp3) is 0.0625. The van der Waals surface area contributed by atoms with E-state index in [-0.39, 0.29) is 5.78 Å². The molecular formula is C16H12O. The summed E-state index contributed by atoms with van der Waals surface area (Å²) in [6, 6.07) is 16.1. The Morgan fingerprint density at radius 3 is 2.41 bits per heavy atom. The fourth-order valence-corrected chi connectivity index (χ4v) is 2.30. The minimum atomic E-state index is 0.152. The number of hydrogen-bond acceptors (Lipinski definition) is 1. The third-order valence-corrected chi connectivity index (χ3v) is 3.14. The number of benzene rings is 2. The molecule has 0 heterocycles. The van der Waals surface area contributed by atoms with Crippen LogP contribution in [0.5, 0.6) is 0 Å². The van der Waals surface area contributed by atoms with Crippen LogP contribution < -0.4 is 0 Å². The van der Waals surface area contributed by atoms with Crippen LogP contribution in [0.15, 0.2) is 54.1 Å². The molecule has 0 aromatic heterocycles. The molecule has 2 aromatic carbocycles. The first kappa shape index (κ1) is 10.0. The van der Waals surface area contributed by atoms with E-state index in [4.69, 9.17) is 0 Å². The number of rotatable bonds is 1. The largest absolute Gasteiger partial charge is 0.289 e. The van der Waals surface area contributed by atoms with E-state index in [0.717, 1.165) is 27.8 Å². The Hall–Kier alpha value is -2.15. The molecule has 0 saturated carbocycles. The van der Waals surface area contributed by atoms with Crippen molar-refractivity contribution in [1.29, 1.82) is 0 Å². The SMILES string of the molecule is CC1=Cc2cccc(-c3ccccc3)c2C1=O. The number of hydrogen-bond donors (Lipinski definition) is 0. The molecule has 0 spiro atoms. The van der Waals surface area contributed by atoms with Gasteiger partial charge in [-0.05, 0) is 35.3 Å². The van der Waals surface area contributed by atoms with Crippen LogP contribution in [0, 0.1) is 0 Å². The quantitative estimate of drug-likeness (QED) is 0.711. The molecule has 0 saturated heterocycles. The molecule has 1 aliphatic carbocycles. The number of fused-ring (bicyclic) bond motifs is 1. The van der Waals surface area contributed by atoms with E-state index >= 15 is 0 Å². The van der Waals surface area contributed by atoms with E-state index in [0.29, 0.717) is 0 Å². The van der Waals surface area contributed by atoms with Gasteiger partial charge in [-0.3, -0.25) is 4.79 Å². The van der Waals surface area contributed by atoms with Crippen molar-refractivity contribution in [2.75, 3.05) is 0 Å². The number of carbonyl (C=O) groups excluding carboxylic acids is 1. The van der Waals surface area contributed by atoms with Crippen LogP contribution in [0.25, 0.3) is 17.2 Å². The standard InChI is InChI=1S/C16H12O/c1-11-10-13-8-5-9-14(15(13)16(11)17)12-6-3-2-4-7-12/h2-10H,1H3. The fourth-order valence-electron chi connectivity index (χ4n) is 2.30. The van der Waals surface area contributed by atoms with Gasteiger partial charge in [-0.25, -0.2) is 0 Å². The summed E-state index contributed by atoms with van der Waals surface area (Å²) >= 11 is 0. The van der Waals surface area contributed by atoms with Crippen LogP contribution in [-0.2, 0) is 0 Å². The average Bonchev–Trinajstić information content (AvgIpc) is 2.66. The molecule has 1 nitrogen and oxygen atoms in total. The van der Waals surface area contributed by atoms with Gasteiger partial charge in [0, 0.05) is 5.56 Å². The second-order valence-electron chi connectivity index (χ2n) is 4.29. The molecule has 17 heavy (non-hydrogen) atoms. The Morgan fingerprint density at radius 1 is 0.882 bits per heavy atom. The molecule has 3 rings (SSSR count). The molecule has 0 fully saturated rings. The minimum absolute atomic E-state index is 0.152. The molecule has 0 N–H and O–H groups in total. The maximum absolute atomic E-state index is 12.1. The lowest BCUT2D eigenvalue weighted by Gasteiger charge is -2.07. The van der Waals surface area contributed by atoms with E-state index in [1.807, 2.05) is 61.5 Å². The minimum Gasteiger partial charge on any atom is -0.289 e. The highest BCUT2D eigenvalue weighted by atomic mass is 16.1. The summed E-state index contributed by atoms with van der Waals surface area (Å²) in [6.07, 6.45) is 1.96. The Kier molecular flexibility index (Phi) is 2.19. The highest BCUT2D eigenvalue weighted by molar-refractivity contribution is 6.20. The van der Waals surface area contributed by atoms with E-state index < -0.39 is 0 Å². The van der Waals surface area contributed by atoms with Gasteiger partial charge in [0.2, 0.25) is 0 Å². The zero-order chi connectivity index (χ0) is 11.8. The van der Waals surface area contributed by atoms with Crippen molar-refractivity contribution in [3.05, 3.63) is 65.2 Å². The first-order valence-electron chi connectivity index (χ1n) is 5.69. The molecule has 1 aliphatic rings. The lowest BCUT2D eigenvalue weighted by molar-refractivity contribution is 0.103. The highest BCUT2D eigenvalue weighted by Crippen LogP contribution is 2.33. The third kappa shape index (κ3) is 1.51. The molecule has 0 bridgehead atoms. The number of ketones is 1. The summed E-state index contributed by atoms with van der Waals surface area (Å²) < 4.78 is 0. The Morgan fingerprint density at radius 2 is 1.65 bits per heavy atom. The van der Waals surface area contributed by atoms with Gasteiger partial charge in [-0.1, -0.05) is 48.5 Å². The maximum atomic E-state index is 12.1. The van der Waals surface area contributed by atoms with Crippen molar-refractivity contribution in [2.24, 2.45) is 0 Å². The number of carbonyl (C=O) groups is 1. The smallest absolute Gasteiger partial charge is 0.189 e. The van der Waals surface area contributed by atoms with Crippen LogP contribution in [0.1, 0.15) is 22.8 Å². The van der Waals surface area contributed by atoms with Crippen molar-refractivity contribution >= 4 is 11.9 Å². The number of Topliss-reactive ketones (excluding diaryl/α,β-unsaturated/α-hetero) is 1. The van der Waals surface area contributed by atoms with Crippen molar-refractivity contribution in [3.8, 4) is 11.1 Å². The summed E-state index contributed by atoms with van der Waals surface area (Å²) in [4.78, 5) is 12.1. The monoisotopic (exact) mass is 220 g/mol. The van der Waals surface area contributed by atoms with E-state index in [1.165, 1.54) is 0 Å². The van der Waals surface area contributed by atoms with Crippen LogP contribution in [0.3, 0.4) is 0 Å². The Labute approximate surface area is 100 Å². The summed E-state index contributed by atoms with van der Waals surface area (Å²) in [5.41, 5.74) is 4.83. The van der Waals surface area contributed by atoms with Crippen LogP contribution in [0.2, 0.25) is 0 Å². The molecule has 0 atom stereocenters. The zero-order valence-corrected chi connectivity index (χ0v) is 9.60. The third-order valence-electron chi connectivity index (χ3n) is 3.14. The summed E-state index contributed by atoms with van der Waals surface area (Å²) in [5.74, 6) is 0.152. The van der Waals surface area contributed by atoms with Crippen LogP contribution in [0.4, 0.5) is 0 Å². The van der Waals surface area contributed by atoms with Crippen molar-refractivity contribution in [3.63, 3.8) is 0 Å². The van der Waals surface area contributed by atoms with Gasteiger partial charge in [-0.15, -0.1) is 0 Å². The predicted molar refractivity (Wildman–Crippen MR) is 69.9 cm³/mol. The molecule has 0 radical (unpaired) electrons. The number of allylic oxidation sites excluding steroid dienone is 1. The van der Waals surface area contributed by atoms with Gasteiger partial charge < -0.3 is 0 Å². The molecular weight excluding hydrogens is 208 g/mol. The second kappa shape index (κ2) is 3.70. The maximum Gasteiger partial charge on any atom is 0.189 e. The Bertz CT molecular complexity index is 621. The Balaban J connectivity index is 2.24. The van der Waals surface area contributed by atoms with Crippen molar-refractivity contribution < 1.29 is 4.79 Å². The molecule has 0 amide bonds. The molecule has 2 aromatic rings. The molecule has 0 aliphatic heterocycles. The van der Waals surface area contributed by atoms with Crippen LogP contribution in [-0.4, -0.2) is 5.78 Å². The summed E-state index contributed by atoms with van der Waals surface area (Å²) in [6.45, 7) is 1.87. The molecule has 0 unspecified atom stereocenters. The van der Waals surface area contributed by atoms with Crippen molar-refractivity contribution in [1.82, 2.24) is 0 Å². The van der Waals surface area contributed by atoms with Gasteiger partial charge in [-0.2, -0.15) is 0 Å². The first-order valence-corrected chi connectivity index (χ1v) is 5.69. The predicted octanol–water partition coefficient (Wildman–Crippen LogP) is 3.95. The molecule has 82 valence electrons. The second-order valence-corrected chi connectivity index (χ2v) is 4.29. The summed E-state index contributed by atoms with van der Waals surface area (Å²) in [7, 11) is 0. The van der Waals surface area contributed by atoms with Gasteiger partial charge in [0.1, 0.15) is 0 Å². The average molecular weight is 220 g/mol. The van der Waals surface area contributed by atoms with Gasteiger partial charge in [0.05, 0.1) is 0 Å². The lowest BCUT2D eigenvalue weighted by Crippen LogP contribution is -1.99. The zero-order valence-electron chi connectivity index (χ0n) is 9.60. The molecule has 1 heteroatoms. The lowest BCUT2D eigenvalue weighted by atomic mass is 9.95. The van der Waals surface area contributed by atoms with Gasteiger partial charge in [0.15, 0.2) is 5.78 Å². The van der Waals surface area contributed by atoms with Gasteiger partial charge >= 0.3 is 0 Å². The van der Waals surface area contributed by atoms with E-state index in [9.17, 15) is 4.79 Å².